The smallest absolute Gasteiger partial charge is 0.0808 e. The highest BCUT2D eigenvalue weighted by Gasteiger charge is 2.14. The second-order valence-electron chi connectivity index (χ2n) is 4.63. The van der Waals surface area contributed by atoms with E-state index in [9.17, 15) is 0 Å². The van der Waals surface area contributed by atoms with Crippen LogP contribution in [0.25, 0.3) is 0 Å². The molecule has 16 heavy (non-hydrogen) atoms. The summed E-state index contributed by atoms with van der Waals surface area (Å²) in [7, 11) is 0. The zero-order valence-corrected chi connectivity index (χ0v) is 10.8. The maximum atomic E-state index is 5.81. The van der Waals surface area contributed by atoms with Crippen molar-refractivity contribution in [2.45, 2.75) is 58.2 Å². The van der Waals surface area contributed by atoms with Gasteiger partial charge in [-0.2, -0.15) is 0 Å². The second-order valence-corrected chi connectivity index (χ2v) is 4.63. The summed E-state index contributed by atoms with van der Waals surface area (Å²) in [6, 6.07) is 0. The summed E-state index contributed by atoms with van der Waals surface area (Å²) in [5.74, 6) is 0. The summed E-state index contributed by atoms with van der Waals surface area (Å²) < 4.78 is 11.4. The van der Waals surface area contributed by atoms with Crippen LogP contribution < -0.4 is 5.32 Å². The first-order valence-corrected chi connectivity index (χ1v) is 6.77. The third kappa shape index (κ3) is 6.46. The standard InChI is InChI=1S/C13H27NO2/c1-3-14-9-6-7-12(2)16-11-13-8-4-5-10-15-13/h12-14H,3-11H2,1-2H3. The second kappa shape index (κ2) is 8.97. The number of hydrogen-bond donors (Lipinski definition) is 1. The first-order valence-electron chi connectivity index (χ1n) is 6.77. The molecule has 0 aliphatic carbocycles. The minimum absolute atomic E-state index is 0.352. The van der Waals surface area contributed by atoms with Gasteiger partial charge in [0.05, 0.1) is 18.8 Å². The summed E-state index contributed by atoms with van der Waals surface area (Å²) in [5.41, 5.74) is 0. The highest BCUT2D eigenvalue weighted by atomic mass is 16.5. The summed E-state index contributed by atoms with van der Waals surface area (Å²) in [6.07, 6.45) is 6.73. The number of ether oxygens (including phenoxy) is 2. The van der Waals surface area contributed by atoms with E-state index in [2.05, 4.69) is 19.2 Å². The minimum atomic E-state index is 0.352. The van der Waals surface area contributed by atoms with E-state index < -0.39 is 0 Å². The topological polar surface area (TPSA) is 30.5 Å². The van der Waals surface area contributed by atoms with Gasteiger partial charge < -0.3 is 14.8 Å². The Labute approximate surface area is 99.9 Å². The lowest BCUT2D eigenvalue weighted by Crippen LogP contribution is -2.27. The van der Waals surface area contributed by atoms with Crippen LogP contribution >= 0.6 is 0 Å². The summed E-state index contributed by atoms with van der Waals surface area (Å²) in [6.45, 7) is 8.16. The Morgan fingerprint density at radius 1 is 1.44 bits per heavy atom. The van der Waals surface area contributed by atoms with Crippen molar-refractivity contribution in [2.24, 2.45) is 0 Å². The monoisotopic (exact) mass is 229 g/mol. The molecule has 1 N–H and O–H groups in total. The molecule has 0 bridgehead atoms. The maximum absolute atomic E-state index is 5.81. The zero-order valence-electron chi connectivity index (χ0n) is 10.8. The molecule has 0 aromatic heterocycles. The van der Waals surface area contributed by atoms with E-state index in [4.69, 9.17) is 9.47 Å². The Balaban J connectivity index is 1.94. The van der Waals surface area contributed by atoms with Crippen LogP contribution in [0.4, 0.5) is 0 Å². The molecule has 1 heterocycles. The van der Waals surface area contributed by atoms with Gasteiger partial charge in [0.25, 0.3) is 0 Å². The lowest BCUT2D eigenvalue weighted by molar-refractivity contribution is -0.0605. The molecule has 1 saturated heterocycles. The molecular formula is C13H27NO2. The number of rotatable bonds is 8. The Morgan fingerprint density at radius 3 is 3.00 bits per heavy atom. The minimum Gasteiger partial charge on any atom is -0.376 e. The molecule has 0 radical (unpaired) electrons. The Kier molecular flexibility index (Phi) is 7.81. The third-order valence-electron chi connectivity index (χ3n) is 3.05. The molecule has 96 valence electrons. The molecule has 2 atom stereocenters. The highest BCUT2D eigenvalue weighted by molar-refractivity contribution is 4.63. The van der Waals surface area contributed by atoms with E-state index in [1.54, 1.807) is 0 Å². The van der Waals surface area contributed by atoms with Gasteiger partial charge in [-0.3, -0.25) is 0 Å². The zero-order chi connectivity index (χ0) is 11.6. The van der Waals surface area contributed by atoms with Gasteiger partial charge in [0, 0.05) is 6.61 Å². The van der Waals surface area contributed by atoms with Gasteiger partial charge in [-0.1, -0.05) is 6.92 Å². The van der Waals surface area contributed by atoms with Crippen molar-refractivity contribution in [1.29, 1.82) is 0 Å². The number of nitrogens with one attached hydrogen (secondary N) is 1. The fourth-order valence-corrected chi connectivity index (χ4v) is 1.99. The maximum Gasteiger partial charge on any atom is 0.0808 e. The molecule has 1 rings (SSSR count). The first kappa shape index (κ1) is 13.9. The molecule has 0 spiro atoms. The predicted molar refractivity (Wildman–Crippen MR) is 66.8 cm³/mol. The van der Waals surface area contributed by atoms with Crippen molar-refractivity contribution >= 4 is 0 Å². The highest BCUT2D eigenvalue weighted by Crippen LogP contribution is 2.14. The van der Waals surface area contributed by atoms with Crippen LogP contribution in [0.5, 0.6) is 0 Å². The van der Waals surface area contributed by atoms with Gasteiger partial charge in [0.15, 0.2) is 0 Å². The lowest BCUT2D eigenvalue weighted by atomic mass is 10.1. The molecule has 1 aliphatic rings. The Morgan fingerprint density at radius 2 is 2.31 bits per heavy atom. The van der Waals surface area contributed by atoms with Gasteiger partial charge in [-0.05, 0) is 52.1 Å². The molecular weight excluding hydrogens is 202 g/mol. The summed E-state index contributed by atoms with van der Waals surface area (Å²) in [5, 5.41) is 3.33. The van der Waals surface area contributed by atoms with Crippen molar-refractivity contribution < 1.29 is 9.47 Å². The van der Waals surface area contributed by atoms with E-state index >= 15 is 0 Å². The third-order valence-corrected chi connectivity index (χ3v) is 3.05. The lowest BCUT2D eigenvalue weighted by Gasteiger charge is -2.24. The molecule has 1 aliphatic heterocycles. The first-order chi connectivity index (χ1) is 7.83. The van der Waals surface area contributed by atoms with Crippen LogP contribution in [-0.4, -0.2) is 38.5 Å². The van der Waals surface area contributed by atoms with Crippen molar-refractivity contribution in [3.8, 4) is 0 Å². The van der Waals surface area contributed by atoms with E-state index in [1.165, 1.54) is 25.7 Å². The van der Waals surface area contributed by atoms with Crippen LogP contribution in [0.1, 0.15) is 46.0 Å². The summed E-state index contributed by atoms with van der Waals surface area (Å²) in [4.78, 5) is 0. The quantitative estimate of drug-likeness (QED) is 0.648. The molecule has 2 unspecified atom stereocenters. The Bertz CT molecular complexity index is 158. The SMILES string of the molecule is CCNCCCC(C)OCC1CCCCO1. The number of hydrogen-bond acceptors (Lipinski definition) is 3. The molecule has 0 aromatic rings. The van der Waals surface area contributed by atoms with Crippen LogP contribution in [-0.2, 0) is 9.47 Å². The van der Waals surface area contributed by atoms with Crippen LogP contribution in [0.3, 0.4) is 0 Å². The van der Waals surface area contributed by atoms with E-state index in [0.29, 0.717) is 12.2 Å². The summed E-state index contributed by atoms with van der Waals surface area (Å²) >= 11 is 0. The Hall–Kier alpha value is -0.120. The molecule has 1 fully saturated rings. The van der Waals surface area contributed by atoms with Crippen LogP contribution in [0.15, 0.2) is 0 Å². The van der Waals surface area contributed by atoms with Crippen molar-refractivity contribution in [2.75, 3.05) is 26.3 Å². The van der Waals surface area contributed by atoms with Crippen LogP contribution in [0, 0.1) is 0 Å². The largest absolute Gasteiger partial charge is 0.376 e. The molecule has 0 amide bonds. The average Bonchev–Trinajstić information content (AvgIpc) is 2.33. The van der Waals surface area contributed by atoms with E-state index in [1.807, 2.05) is 0 Å². The van der Waals surface area contributed by atoms with Crippen molar-refractivity contribution in [3.63, 3.8) is 0 Å². The molecule has 0 aromatic carbocycles. The average molecular weight is 229 g/mol. The van der Waals surface area contributed by atoms with Gasteiger partial charge >= 0.3 is 0 Å². The van der Waals surface area contributed by atoms with Crippen molar-refractivity contribution in [3.05, 3.63) is 0 Å². The van der Waals surface area contributed by atoms with Gasteiger partial charge in [-0.15, -0.1) is 0 Å². The van der Waals surface area contributed by atoms with E-state index in [-0.39, 0.29) is 0 Å². The normalized spacial score (nSPS) is 23.2. The molecule has 3 nitrogen and oxygen atoms in total. The van der Waals surface area contributed by atoms with Crippen LogP contribution in [0.2, 0.25) is 0 Å². The predicted octanol–water partition coefficient (Wildman–Crippen LogP) is 2.35. The molecule has 3 heteroatoms. The van der Waals surface area contributed by atoms with E-state index in [0.717, 1.165) is 32.7 Å². The molecule has 0 saturated carbocycles. The van der Waals surface area contributed by atoms with Gasteiger partial charge in [0.2, 0.25) is 0 Å². The van der Waals surface area contributed by atoms with Gasteiger partial charge in [-0.25, -0.2) is 0 Å². The van der Waals surface area contributed by atoms with Crippen molar-refractivity contribution in [1.82, 2.24) is 5.32 Å². The fraction of sp³-hybridized carbons (Fsp3) is 1.00. The fourth-order valence-electron chi connectivity index (χ4n) is 1.99. The van der Waals surface area contributed by atoms with Gasteiger partial charge in [0.1, 0.15) is 0 Å².